The third-order valence-electron chi connectivity index (χ3n) is 5.06. The fourth-order valence-corrected chi connectivity index (χ4v) is 3.29. The minimum Gasteiger partial charge on any atom is -0.477 e. The Bertz CT molecular complexity index is 743. The SMILES string of the molecule is CN=C(NCc1ccnc(OCC2CC2)c1)NC1CCCN(C(=O)OC(C)(C)C)C1. The number of hydrogen-bond donors (Lipinski definition) is 2. The first-order valence-electron chi connectivity index (χ1n) is 10.9. The van der Waals surface area contributed by atoms with Gasteiger partial charge in [-0.05, 0) is 64.0 Å². The van der Waals surface area contributed by atoms with Crippen LogP contribution in [0.15, 0.2) is 23.3 Å². The lowest BCUT2D eigenvalue weighted by molar-refractivity contribution is 0.0193. The third kappa shape index (κ3) is 7.39. The van der Waals surface area contributed by atoms with Crippen LogP contribution in [0.3, 0.4) is 0 Å². The number of guanidine groups is 1. The molecule has 2 fully saturated rings. The van der Waals surface area contributed by atoms with Crippen molar-refractivity contribution in [3.8, 4) is 5.88 Å². The van der Waals surface area contributed by atoms with Crippen LogP contribution in [0.4, 0.5) is 4.79 Å². The van der Waals surface area contributed by atoms with Crippen LogP contribution in [0.1, 0.15) is 52.0 Å². The minimum atomic E-state index is -0.485. The summed E-state index contributed by atoms with van der Waals surface area (Å²) in [6.45, 7) is 8.35. The van der Waals surface area contributed by atoms with Gasteiger partial charge in [0.05, 0.1) is 6.61 Å². The van der Waals surface area contributed by atoms with E-state index in [0.29, 0.717) is 30.8 Å². The Kier molecular flexibility index (Phi) is 7.39. The molecule has 0 bridgehead atoms. The molecule has 0 aromatic carbocycles. The molecule has 1 aromatic rings. The number of hydrogen-bond acceptors (Lipinski definition) is 5. The lowest BCUT2D eigenvalue weighted by atomic mass is 10.1. The predicted molar refractivity (Wildman–Crippen MR) is 117 cm³/mol. The number of pyridine rings is 1. The molecule has 1 amide bonds. The number of carbonyl (C=O) groups excluding carboxylic acids is 1. The molecule has 8 heteroatoms. The molecule has 3 rings (SSSR count). The van der Waals surface area contributed by atoms with Crippen molar-refractivity contribution in [2.75, 3.05) is 26.7 Å². The number of nitrogens with zero attached hydrogens (tertiary/aromatic N) is 3. The van der Waals surface area contributed by atoms with Crippen LogP contribution in [0.5, 0.6) is 5.88 Å². The Morgan fingerprint density at radius 1 is 1.33 bits per heavy atom. The summed E-state index contributed by atoms with van der Waals surface area (Å²) >= 11 is 0. The van der Waals surface area contributed by atoms with Gasteiger partial charge in [0.15, 0.2) is 5.96 Å². The first-order chi connectivity index (χ1) is 14.3. The van der Waals surface area contributed by atoms with E-state index in [1.54, 1.807) is 18.1 Å². The molecule has 166 valence electrons. The van der Waals surface area contributed by atoms with Gasteiger partial charge in [-0.25, -0.2) is 9.78 Å². The summed E-state index contributed by atoms with van der Waals surface area (Å²) in [4.78, 5) is 22.8. The number of carbonyl (C=O) groups is 1. The fraction of sp³-hybridized carbons (Fsp3) is 0.682. The number of rotatable bonds is 6. The van der Waals surface area contributed by atoms with Crippen LogP contribution in [0.2, 0.25) is 0 Å². The molecule has 8 nitrogen and oxygen atoms in total. The maximum Gasteiger partial charge on any atom is 0.410 e. The number of ether oxygens (including phenoxy) is 2. The van der Waals surface area contributed by atoms with Crippen molar-refractivity contribution in [3.63, 3.8) is 0 Å². The van der Waals surface area contributed by atoms with Crippen molar-refractivity contribution in [1.29, 1.82) is 0 Å². The van der Waals surface area contributed by atoms with Gasteiger partial charge in [-0.15, -0.1) is 0 Å². The topological polar surface area (TPSA) is 88.1 Å². The Balaban J connectivity index is 1.47. The first kappa shape index (κ1) is 22.2. The second-order valence-electron chi connectivity index (χ2n) is 9.09. The van der Waals surface area contributed by atoms with Gasteiger partial charge >= 0.3 is 6.09 Å². The summed E-state index contributed by atoms with van der Waals surface area (Å²) in [5, 5.41) is 6.77. The number of likely N-dealkylation sites (tertiary alicyclic amines) is 1. The highest BCUT2D eigenvalue weighted by molar-refractivity contribution is 5.80. The van der Waals surface area contributed by atoms with Crippen LogP contribution >= 0.6 is 0 Å². The maximum atomic E-state index is 12.4. The molecule has 0 spiro atoms. The van der Waals surface area contributed by atoms with Crippen LogP contribution in [-0.4, -0.2) is 60.3 Å². The molecule has 2 N–H and O–H groups in total. The average Bonchev–Trinajstić information content (AvgIpc) is 3.53. The molecular weight excluding hydrogens is 382 g/mol. The van der Waals surface area contributed by atoms with Gasteiger partial charge < -0.3 is 25.0 Å². The molecule has 2 heterocycles. The van der Waals surface area contributed by atoms with Gasteiger partial charge in [0.2, 0.25) is 5.88 Å². The molecule has 1 aromatic heterocycles. The van der Waals surface area contributed by atoms with Crippen LogP contribution in [0, 0.1) is 5.92 Å². The van der Waals surface area contributed by atoms with Crippen LogP contribution < -0.4 is 15.4 Å². The molecule has 30 heavy (non-hydrogen) atoms. The normalized spacial score (nSPS) is 19.9. The summed E-state index contributed by atoms with van der Waals surface area (Å²) in [6.07, 6.45) is 5.95. The van der Waals surface area contributed by atoms with E-state index in [1.165, 1.54) is 12.8 Å². The van der Waals surface area contributed by atoms with E-state index in [0.717, 1.165) is 31.6 Å². The lowest BCUT2D eigenvalue weighted by Crippen LogP contribution is -2.53. The van der Waals surface area contributed by atoms with Gasteiger partial charge in [0, 0.05) is 45.0 Å². The van der Waals surface area contributed by atoms with Crippen molar-refractivity contribution in [2.45, 2.75) is 64.6 Å². The lowest BCUT2D eigenvalue weighted by Gasteiger charge is -2.35. The Morgan fingerprint density at radius 3 is 2.83 bits per heavy atom. The van der Waals surface area contributed by atoms with Crippen LogP contribution in [0.25, 0.3) is 0 Å². The van der Waals surface area contributed by atoms with Crippen molar-refractivity contribution in [1.82, 2.24) is 20.5 Å². The average molecular weight is 418 g/mol. The molecule has 2 aliphatic rings. The van der Waals surface area contributed by atoms with Gasteiger partial charge in [-0.3, -0.25) is 4.99 Å². The molecule has 1 aliphatic carbocycles. The summed E-state index contributed by atoms with van der Waals surface area (Å²) in [6, 6.07) is 4.06. The number of aromatic nitrogens is 1. The molecule has 1 aliphatic heterocycles. The van der Waals surface area contributed by atoms with Crippen molar-refractivity contribution in [2.24, 2.45) is 10.9 Å². The zero-order valence-electron chi connectivity index (χ0n) is 18.6. The van der Waals surface area contributed by atoms with E-state index in [9.17, 15) is 4.79 Å². The number of piperidine rings is 1. The number of aliphatic imine (C=N–C) groups is 1. The van der Waals surface area contributed by atoms with E-state index in [-0.39, 0.29) is 12.1 Å². The molecule has 1 atom stereocenters. The van der Waals surface area contributed by atoms with E-state index in [4.69, 9.17) is 9.47 Å². The fourth-order valence-electron chi connectivity index (χ4n) is 3.29. The quantitative estimate of drug-likeness (QED) is 0.547. The number of amides is 1. The van der Waals surface area contributed by atoms with Gasteiger partial charge in [0.25, 0.3) is 0 Å². The summed E-state index contributed by atoms with van der Waals surface area (Å²) in [7, 11) is 1.75. The Morgan fingerprint density at radius 2 is 2.13 bits per heavy atom. The third-order valence-corrected chi connectivity index (χ3v) is 5.06. The van der Waals surface area contributed by atoms with Gasteiger partial charge in [-0.1, -0.05) is 0 Å². The van der Waals surface area contributed by atoms with E-state index >= 15 is 0 Å². The summed E-state index contributed by atoms with van der Waals surface area (Å²) < 4.78 is 11.3. The second-order valence-corrected chi connectivity index (χ2v) is 9.09. The van der Waals surface area contributed by atoms with Crippen molar-refractivity contribution >= 4 is 12.1 Å². The van der Waals surface area contributed by atoms with Crippen molar-refractivity contribution < 1.29 is 14.3 Å². The summed E-state index contributed by atoms with van der Waals surface area (Å²) in [5.41, 5.74) is 0.596. The zero-order chi connectivity index (χ0) is 21.6. The molecule has 1 saturated carbocycles. The van der Waals surface area contributed by atoms with Gasteiger partial charge in [-0.2, -0.15) is 0 Å². The van der Waals surface area contributed by atoms with E-state index in [1.807, 2.05) is 32.9 Å². The predicted octanol–water partition coefficient (Wildman–Crippen LogP) is 2.93. The molecule has 1 unspecified atom stereocenters. The largest absolute Gasteiger partial charge is 0.477 e. The molecule has 0 radical (unpaired) electrons. The van der Waals surface area contributed by atoms with E-state index in [2.05, 4.69) is 20.6 Å². The summed E-state index contributed by atoms with van der Waals surface area (Å²) in [5.74, 6) is 2.08. The standard InChI is InChI=1S/C22H35N5O3/c1-22(2,3)30-21(28)27-11-5-6-18(14-27)26-20(23-4)25-13-17-9-10-24-19(12-17)29-15-16-7-8-16/h9-10,12,16,18H,5-8,11,13-15H2,1-4H3,(H2,23,25,26). The second kappa shape index (κ2) is 10.00. The highest BCUT2D eigenvalue weighted by atomic mass is 16.6. The van der Waals surface area contributed by atoms with Crippen LogP contribution in [-0.2, 0) is 11.3 Å². The zero-order valence-corrected chi connectivity index (χ0v) is 18.6. The molecular formula is C22H35N5O3. The Hall–Kier alpha value is -2.51. The van der Waals surface area contributed by atoms with Crippen molar-refractivity contribution in [3.05, 3.63) is 23.9 Å². The Labute approximate surface area is 179 Å². The first-order valence-corrected chi connectivity index (χ1v) is 10.9. The highest BCUT2D eigenvalue weighted by Crippen LogP contribution is 2.29. The maximum absolute atomic E-state index is 12.4. The van der Waals surface area contributed by atoms with E-state index < -0.39 is 5.60 Å². The smallest absolute Gasteiger partial charge is 0.410 e. The highest BCUT2D eigenvalue weighted by Gasteiger charge is 2.28. The minimum absolute atomic E-state index is 0.132. The number of nitrogens with one attached hydrogen (secondary N) is 2. The molecule has 1 saturated heterocycles. The van der Waals surface area contributed by atoms with Gasteiger partial charge in [0.1, 0.15) is 5.60 Å². The monoisotopic (exact) mass is 417 g/mol.